The van der Waals surface area contributed by atoms with E-state index in [1.54, 1.807) is 36.5 Å². The Kier molecular flexibility index (Phi) is 4.94. The van der Waals surface area contributed by atoms with Gasteiger partial charge in [-0.1, -0.05) is 29.8 Å². The van der Waals surface area contributed by atoms with Crippen LogP contribution in [0.4, 0.5) is 10.3 Å². The molecule has 1 aliphatic heterocycles. The van der Waals surface area contributed by atoms with Crippen molar-refractivity contribution in [3.63, 3.8) is 0 Å². The maximum Gasteiger partial charge on any atom is 0.231 e. The van der Waals surface area contributed by atoms with Gasteiger partial charge >= 0.3 is 0 Å². The number of anilines is 1. The maximum atomic E-state index is 13.7. The van der Waals surface area contributed by atoms with Crippen molar-refractivity contribution in [2.24, 2.45) is 5.92 Å². The molecule has 27 heavy (non-hydrogen) atoms. The molecule has 0 bridgehead atoms. The highest BCUT2D eigenvalue weighted by atomic mass is 35.5. The second-order valence-corrected chi connectivity index (χ2v) is 7.11. The third-order valence-electron chi connectivity index (χ3n) is 4.83. The first-order valence-electron chi connectivity index (χ1n) is 8.88. The molecule has 4 rings (SSSR count). The topological polar surface area (TPSA) is 62.5 Å². The van der Waals surface area contributed by atoms with Gasteiger partial charge in [-0.25, -0.2) is 4.39 Å². The summed E-state index contributed by atoms with van der Waals surface area (Å²) >= 11 is 6.09. The highest BCUT2D eigenvalue weighted by Crippen LogP contribution is 2.24. The van der Waals surface area contributed by atoms with E-state index in [4.69, 9.17) is 11.6 Å². The Hall–Kier alpha value is -2.67. The van der Waals surface area contributed by atoms with E-state index in [9.17, 15) is 9.18 Å². The van der Waals surface area contributed by atoms with Crippen molar-refractivity contribution in [1.29, 1.82) is 0 Å². The van der Waals surface area contributed by atoms with Crippen LogP contribution >= 0.6 is 11.6 Å². The van der Waals surface area contributed by atoms with Crippen molar-refractivity contribution in [2.45, 2.75) is 19.4 Å². The molecule has 1 N–H and O–H groups in total. The summed E-state index contributed by atoms with van der Waals surface area (Å²) < 4.78 is 15.6. The first kappa shape index (κ1) is 17.7. The van der Waals surface area contributed by atoms with Crippen LogP contribution in [-0.2, 0) is 11.3 Å². The zero-order chi connectivity index (χ0) is 18.8. The van der Waals surface area contributed by atoms with Gasteiger partial charge in [0.2, 0.25) is 11.9 Å². The normalized spacial score (nSPS) is 17.3. The smallest absolute Gasteiger partial charge is 0.231 e. The highest BCUT2D eigenvalue weighted by Gasteiger charge is 2.28. The van der Waals surface area contributed by atoms with Crippen LogP contribution in [0.15, 0.2) is 42.6 Å². The third-order valence-corrected chi connectivity index (χ3v) is 5.06. The fourth-order valence-electron chi connectivity index (χ4n) is 3.41. The molecule has 6 nitrogen and oxygen atoms in total. The van der Waals surface area contributed by atoms with Crippen LogP contribution in [0, 0.1) is 11.7 Å². The average molecular weight is 388 g/mol. The van der Waals surface area contributed by atoms with Gasteiger partial charge in [0.05, 0.1) is 10.9 Å². The van der Waals surface area contributed by atoms with Crippen molar-refractivity contribution in [1.82, 2.24) is 19.9 Å². The van der Waals surface area contributed by atoms with Crippen molar-refractivity contribution in [3.05, 3.63) is 59.0 Å². The van der Waals surface area contributed by atoms with E-state index in [0.29, 0.717) is 28.7 Å². The lowest BCUT2D eigenvalue weighted by molar-refractivity contribution is -0.125. The van der Waals surface area contributed by atoms with Crippen molar-refractivity contribution >= 4 is 29.1 Å². The molecule has 1 atom stereocenters. The number of pyridine rings is 1. The van der Waals surface area contributed by atoms with Gasteiger partial charge in [-0.15, -0.1) is 10.2 Å². The minimum absolute atomic E-state index is 0.0743. The molecule has 3 aromatic rings. The standard InChI is InChI=1S/C19H19ClFN5O/c20-15-7-8-17-23-24-19(26(17)12-15)25-9-3-5-14(11-25)18(27)22-10-13-4-1-2-6-16(13)21/h1-2,4,6-8,12,14H,3,5,9-11H2,(H,22,27)/t14-/m1/s1. The first-order valence-corrected chi connectivity index (χ1v) is 9.26. The number of aromatic nitrogens is 3. The Balaban J connectivity index is 1.45. The zero-order valence-corrected chi connectivity index (χ0v) is 15.4. The molecule has 140 valence electrons. The SMILES string of the molecule is O=C(NCc1ccccc1F)[C@@H]1CCCN(c2nnc3ccc(Cl)cn23)C1. The fraction of sp³-hybridized carbons (Fsp3) is 0.316. The number of benzene rings is 1. The van der Waals surface area contributed by atoms with E-state index in [0.717, 1.165) is 19.4 Å². The molecule has 8 heteroatoms. The molecule has 0 unspecified atom stereocenters. The molecule has 1 aromatic carbocycles. The molecule has 1 fully saturated rings. The van der Waals surface area contributed by atoms with Gasteiger partial charge in [-0.2, -0.15) is 0 Å². The van der Waals surface area contributed by atoms with Crippen LogP contribution in [0.2, 0.25) is 5.02 Å². The van der Waals surface area contributed by atoms with Crippen LogP contribution < -0.4 is 10.2 Å². The lowest BCUT2D eigenvalue weighted by atomic mass is 9.97. The second kappa shape index (κ2) is 7.52. The summed E-state index contributed by atoms with van der Waals surface area (Å²) in [4.78, 5) is 14.6. The molecule has 2 aromatic heterocycles. The minimum Gasteiger partial charge on any atom is -0.352 e. The summed E-state index contributed by atoms with van der Waals surface area (Å²) in [6.07, 6.45) is 3.43. The summed E-state index contributed by atoms with van der Waals surface area (Å²) in [7, 11) is 0. The average Bonchev–Trinajstić information content (AvgIpc) is 3.10. The lowest BCUT2D eigenvalue weighted by Crippen LogP contribution is -2.43. The number of hydrogen-bond donors (Lipinski definition) is 1. The Morgan fingerprint density at radius 1 is 1.26 bits per heavy atom. The van der Waals surface area contributed by atoms with Gasteiger partial charge in [0, 0.05) is 31.4 Å². The Morgan fingerprint density at radius 3 is 2.96 bits per heavy atom. The van der Waals surface area contributed by atoms with Crippen molar-refractivity contribution in [3.8, 4) is 0 Å². The predicted octanol–water partition coefficient (Wildman–Crippen LogP) is 3.05. The van der Waals surface area contributed by atoms with E-state index in [-0.39, 0.29) is 24.2 Å². The second-order valence-electron chi connectivity index (χ2n) is 6.67. The van der Waals surface area contributed by atoms with Crippen LogP contribution in [0.25, 0.3) is 5.65 Å². The molecule has 3 heterocycles. The van der Waals surface area contributed by atoms with Gasteiger partial charge in [-0.05, 0) is 31.0 Å². The predicted molar refractivity (Wildman–Crippen MR) is 101 cm³/mol. The number of nitrogens with zero attached hydrogens (tertiary/aromatic N) is 4. The Labute approximate surface area is 161 Å². The number of carbonyl (C=O) groups excluding carboxylic acids is 1. The first-order chi connectivity index (χ1) is 13.1. The van der Waals surface area contributed by atoms with Crippen LogP contribution in [0.3, 0.4) is 0 Å². The largest absolute Gasteiger partial charge is 0.352 e. The van der Waals surface area contributed by atoms with E-state index in [1.165, 1.54) is 6.07 Å². The van der Waals surface area contributed by atoms with Gasteiger partial charge in [0.15, 0.2) is 5.65 Å². The lowest BCUT2D eigenvalue weighted by Gasteiger charge is -2.32. The summed E-state index contributed by atoms with van der Waals surface area (Å²) in [5, 5.41) is 11.9. The quantitative estimate of drug-likeness (QED) is 0.747. The number of amides is 1. The van der Waals surface area contributed by atoms with E-state index in [1.807, 2.05) is 9.30 Å². The molecule has 0 aliphatic carbocycles. The molecule has 1 amide bonds. The number of halogens is 2. The number of hydrogen-bond acceptors (Lipinski definition) is 4. The van der Waals surface area contributed by atoms with Crippen molar-refractivity contribution in [2.75, 3.05) is 18.0 Å². The van der Waals surface area contributed by atoms with Gasteiger partial charge in [0.1, 0.15) is 5.82 Å². The monoisotopic (exact) mass is 387 g/mol. The number of nitrogens with one attached hydrogen (secondary N) is 1. The number of fused-ring (bicyclic) bond motifs is 1. The van der Waals surface area contributed by atoms with E-state index in [2.05, 4.69) is 15.5 Å². The third kappa shape index (κ3) is 3.73. The Bertz CT molecular complexity index is 976. The van der Waals surface area contributed by atoms with Gasteiger partial charge < -0.3 is 10.2 Å². The van der Waals surface area contributed by atoms with Crippen LogP contribution in [0.5, 0.6) is 0 Å². The molecule has 0 saturated carbocycles. The Morgan fingerprint density at radius 2 is 2.11 bits per heavy atom. The number of rotatable bonds is 4. The highest BCUT2D eigenvalue weighted by molar-refractivity contribution is 6.30. The zero-order valence-electron chi connectivity index (χ0n) is 14.6. The van der Waals surface area contributed by atoms with Crippen molar-refractivity contribution < 1.29 is 9.18 Å². The number of piperidine rings is 1. The number of carbonyl (C=O) groups is 1. The summed E-state index contributed by atoms with van der Waals surface area (Å²) in [5.41, 5.74) is 1.19. The molecule has 1 aliphatic rings. The van der Waals surface area contributed by atoms with Gasteiger partial charge in [-0.3, -0.25) is 9.20 Å². The molecule has 0 spiro atoms. The summed E-state index contributed by atoms with van der Waals surface area (Å²) in [6, 6.07) is 10.0. The van der Waals surface area contributed by atoms with Crippen LogP contribution in [0.1, 0.15) is 18.4 Å². The van der Waals surface area contributed by atoms with E-state index < -0.39 is 0 Å². The van der Waals surface area contributed by atoms with Gasteiger partial charge in [0.25, 0.3) is 0 Å². The fourth-order valence-corrected chi connectivity index (χ4v) is 3.57. The molecular weight excluding hydrogens is 369 g/mol. The molecule has 0 radical (unpaired) electrons. The molecule has 1 saturated heterocycles. The molecular formula is C19H19ClFN5O. The van der Waals surface area contributed by atoms with E-state index >= 15 is 0 Å². The minimum atomic E-state index is -0.310. The maximum absolute atomic E-state index is 13.7. The summed E-state index contributed by atoms with van der Waals surface area (Å²) in [6.45, 7) is 1.52. The van der Waals surface area contributed by atoms with Crippen LogP contribution in [-0.4, -0.2) is 33.6 Å². The summed E-state index contributed by atoms with van der Waals surface area (Å²) in [5.74, 6) is 0.112.